The summed E-state index contributed by atoms with van der Waals surface area (Å²) in [6.45, 7) is 1.83. The summed E-state index contributed by atoms with van der Waals surface area (Å²) in [5.74, 6) is 0.810. The molecule has 0 saturated carbocycles. The number of amides is 1. The first-order chi connectivity index (χ1) is 11.9. The summed E-state index contributed by atoms with van der Waals surface area (Å²) in [5.41, 5.74) is 1.09. The minimum absolute atomic E-state index is 0.300. The number of hydrogen-bond donors (Lipinski definition) is 1. The van der Waals surface area contributed by atoms with Crippen LogP contribution in [-0.2, 0) is 0 Å². The molecule has 2 aromatic rings. The van der Waals surface area contributed by atoms with Crippen molar-refractivity contribution in [1.82, 2.24) is 5.32 Å². The molecule has 0 aromatic heterocycles. The van der Waals surface area contributed by atoms with Crippen molar-refractivity contribution in [2.75, 3.05) is 21.3 Å². The van der Waals surface area contributed by atoms with Crippen molar-refractivity contribution in [2.45, 2.75) is 13.0 Å². The van der Waals surface area contributed by atoms with E-state index in [0.717, 1.165) is 5.56 Å². The summed E-state index contributed by atoms with van der Waals surface area (Å²) >= 11 is 12.1. The second-order valence-corrected chi connectivity index (χ2v) is 6.09. The molecule has 0 saturated heterocycles. The molecule has 2 rings (SSSR count). The average molecular weight is 384 g/mol. The van der Waals surface area contributed by atoms with Gasteiger partial charge in [-0.25, -0.2) is 0 Å². The molecule has 1 N–H and O–H groups in total. The maximum Gasteiger partial charge on any atom is 0.255 e. The molecule has 0 aliphatic rings. The van der Waals surface area contributed by atoms with Crippen LogP contribution in [0.25, 0.3) is 0 Å². The van der Waals surface area contributed by atoms with E-state index >= 15 is 0 Å². The average Bonchev–Trinajstić information content (AvgIpc) is 2.59. The highest BCUT2D eigenvalue weighted by Gasteiger charge is 2.22. The first-order valence-electron chi connectivity index (χ1n) is 7.47. The summed E-state index contributed by atoms with van der Waals surface area (Å²) in [4.78, 5) is 12.7. The Labute approximate surface area is 156 Å². The number of rotatable bonds is 6. The lowest BCUT2D eigenvalue weighted by atomic mass is 10.1. The first-order valence-corrected chi connectivity index (χ1v) is 8.23. The number of carbonyl (C=O) groups excluding carboxylic acids is 1. The SMILES string of the molecule is COc1ccc(C(=O)NC(C)c2ccc(Cl)cc2Cl)c(OC)c1OC. The van der Waals surface area contributed by atoms with Gasteiger partial charge in [-0.2, -0.15) is 0 Å². The van der Waals surface area contributed by atoms with Crippen LogP contribution in [0.4, 0.5) is 0 Å². The molecule has 5 nitrogen and oxygen atoms in total. The van der Waals surface area contributed by atoms with Crippen molar-refractivity contribution in [2.24, 2.45) is 0 Å². The lowest BCUT2D eigenvalue weighted by Gasteiger charge is -2.19. The number of halogens is 2. The van der Waals surface area contributed by atoms with Gasteiger partial charge in [-0.1, -0.05) is 29.3 Å². The van der Waals surface area contributed by atoms with E-state index in [-0.39, 0.29) is 11.9 Å². The van der Waals surface area contributed by atoms with Gasteiger partial charge in [0.2, 0.25) is 5.75 Å². The summed E-state index contributed by atoms with van der Waals surface area (Å²) in [5, 5.41) is 3.92. The molecule has 0 heterocycles. The predicted molar refractivity (Wildman–Crippen MR) is 98.4 cm³/mol. The van der Waals surface area contributed by atoms with E-state index < -0.39 is 0 Å². The van der Waals surface area contributed by atoms with E-state index in [1.807, 2.05) is 6.92 Å². The maximum absolute atomic E-state index is 12.7. The standard InChI is InChI=1S/C18H19Cl2NO4/c1-10(12-6-5-11(19)9-14(12)20)21-18(22)13-7-8-15(23-2)17(25-4)16(13)24-3/h5-10H,1-4H3,(H,21,22). The molecule has 0 aliphatic heterocycles. The Kier molecular flexibility index (Phi) is 6.39. The highest BCUT2D eigenvalue weighted by molar-refractivity contribution is 6.35. The van der Waals surface area contributed by atoms with Crippen molar-refractivity contribution in [3.63, 3.8) is 0 Å². The second kappa shape index (κ2) is 8.32. The van der Waals surface area contributed by atoms with E-state index in [4.69, 9.17) is 37.4 Å². The predicted octanol–water partition coefficient (Wildman–Crippen LogP) is 4.51. The van der Waals surface area contributed by atoms with Gasteiger partial charge in [0.05, 0.1) is 32.9 Å². The molecule has 0 fully saturated rings. The normalized spacial score (nSPS) is 11.6. The van der Waals surface area contributed by atoms with Crippen molar-refractivity contribution >= 4 is 29.1 Å². The number of methoxy groups -OCH3 is 3. The van der Waals surface area contributed by atoms with Crippen LogP contribution in [0.5, 0.6) is 17.2 Å². The third kappa shape index (κ3) is 4.11. The van der Waals surface area contributed by atoms with Gasteiger partial charge in [-0.15, -0.1) is 0 Å². The van der Waals surface area contributed by atoms with Gasteiger partial charge in [0.1, 0.15) is 0 Å². The summed E-state index contributed by atoms with van der Waals surface area (Å²) in [7, 11) is 4.47. The first kappa shape index (κ1) is 19.2. The Hall–Kier alpha value is -2.11. The van der Waals surface area contributed by atoms with Crippen LogP contribution in [0.2, 0.25) is 10.0 Å². The van der Waals surface area contributed by atoms with Crippen LogP contribution in [0.1, 0.15) is 28.9 Å². The molecule has 1 amide bonds. The number of ether oxygens (including phenoxy) is 3. The summed E-state index contributed by atoms with van der Waals surface area (Å²) < 4.78 is 15.9. The highest BCUT2D eigenvalue weighted by Crippen LogP contribution is 2.40. The number of hydrogen-bond acceptors (Lipinski definition) is 4. The molecule has 25 heavy (non-hydrogen) atoms. The number of benzene rings is 2. The molecule has 0 aliphatic carbocycles. The van der Waals surface area contributed by atoms with E-state index in [1.54, 1.807) is 30.3 Å². The van der Waals surface area contributed by atoms with Crippen molar-refractivity contribution in [1.29, 1.82) is 0 Å². The zero-order valence-electron chi connectivity index (χ0n) is 14.4. The minimum Gasteiger partial charge on any atom is -0.493 e. The molecular formula is C18H19Cl2NO4. The van der Waals surface area contributed by atoms with Gasteiger partial charge < -0.3 is 19.5 Å². The van der Waals surface area contributed by atoms with E-state index in [0.29, 0.717) is 32.9 Å². The molecule has 2 aromatic carbocycles. The smallest absolute Gasteiger partial charge is 0.255 e. The lowest BCUT2D eigenvalue weighted by Crippen LogP contribution is -2.27. The largest absolute Gasteiger partial charge is 0.493 e. The Morgan fingerprint density at radius 1 is 1.00 bits per heavy atom. The molecule has 7 heteroatoms. The van der Waals surface area contributed by atoms with Crippen molar-refractivity contribution < 1.29 is 19.0 Å². The van der Waals surface area contributed by atoms with Gasteiger partial charge in [0, 0.05) is 10.0 Å². The Morgan fingerprint density at radius 3 is 2.24 bits per heavy atom. The molecule has 134 valence electrons. The van der Waals surface area contributed by atoms with Gasteiger partial charge in [0.15, 0.2) is 11.5 Å². The quantitative estimate of drug-likeness (QED) is 0.796. The maximum atomic E-state index is 12.7. The molecule has 1 unspecified atom stereocenters. The van der Waals surface area contributed by atoms with Crippen molar-refractivity contribution in [3.05, 3.63) is 51.5 Å². The van der Waals surface area contributed by atoms with Crippen LogP contribution < -0.4 is 19.5 Å². The van der Waals surface area contributed by atoms with Gasteiger partial charge in [-0.3, -0.25) is 4.79 Å². The Morgan fingerprint density at radius 2 is 1.68 bits per heavy atom. The van der Waals surface area contributed by atoms with Crippen LogP contribution in [0.15, 0.2) is 30.3 Å². The fourth-order valence-corrected chi connectivity index (χ4v) is 3.06. The van der Waals surface area contributed by atoms with Gasteiger partial charge >= 0.3 is 0 Å². The van der Waals surface area contributed by atoms with Crippen LogP contribution in [0.3, 0.4) is 0 Å². The molecule has 1 atom stereocenters. The molecule has 0 radical (unpaired) electrons. The van der Waals surface area contributed by atoms with Crippen LogP contribution >= 0.6 is 23.2 Å². The fourth-order valence-electron chi connectivity index (χ4n) is 2.48. The summed E-state index contributed by atoms with van der Waals surface area (Å²) in [6.07, 6.45) is 0. The van der Waals surface area contributed by atoms with E-state index in [1.165, 1.54) is 21.3 Å². The monoisotopic (exact) mass is 383 g/mol. The third-order valence-corrected chi connectivity index (χ3v) is 4.29. The number of nitrogens with one attached hydrogen (secondary N) is 1. The summed E-state index contributed by atoms with van der Waals surface area (Å²) in [6, 6.07) is 8.08. The minimum atomic E-state index is -0.324. The second-order valence-electron chi connectivity index (χ2n) is 5.24. The van der Waals surface area contributed by atoms with Crippen molar-refractivity contribution in [3.8, 4) is 17.2 Å². The van der Waals surface area contributed by atoms with Gasteiger partial charge in [-0.05, 0) is 36.8 Å². The zero-order valence-corrected chi connectivity index (χ0v) is 15.9. The Bertz CT molecular complexity index is 780. The Balaban J connectivity index is 2.31. The third-order valence-electron chi connectivity index (χ3n) is 3.73. The molecular weight excluding hydrogens is 365 g/mol. The van der Waals surface area contributed by atoms with E-state index in [2.05, 4.69) is 5.32 Å². The lowest BCUT2D eigenvalue weighted by molar-refractivity contribution is 0.0936. The van der Waals surface area contributed by atoms with Crippen LogP contribution in [-0.4, -0.2) is 27.2 Å². The molecule has 0 bridgehead atoms. The van der Waals surface area contributed by atoms with E-state index in [9.17, 15) is 4.79 Å². The van der Waals surface area contributed by atoms with Gasteiger partial charge in [0.25, 0.3) is 5.91 Å². The fraction of sp³-hybridized carbons (Fsp3) is 0.278. The topological polar surface area (TPSA) is 56.8 Å². The molecule has 0 spiro atoms. The highest BCUT2D eigenvalue weighted by atomic mass is 35.5. The number of carbonyl (C=O) groups is 1. The van der Waals surface area contributed by atoms with Crippen LogP contribution in [0, 0.1) is 0 Å². The zero-order chi connectivity index (χ0) is 18.6.